The molecule has 3 N–H and O–H groups in total. The Hall–Kier alpha value is -3.85. The molecule has 0 radical (unpaired) electrons. The monoisotopic (exact) mass is 419 g/mol. The maximum Gasteiger partial charge on any atom is 0.278 e. The van der Waals surface area contributed by atoms with E-state index in [0.717, 1.165) is 11.1 Å². The predicted octanol–water partition coefficient (Wildman–Crippen LogP) is 0.997. The van der Waals surface area contributed by atoms with Crippen molar-refractivity contribution in [2.24, 2.45) is 0 Å². The topological polar surface area (TPSA) is 115 Å². The van der Waals surface area contributed by atoms with E-state index in [0.29, 0.717) is 29.8 Å². The van der Waals surface area contributed by atoms with Gasteiger partial charge in [0.05, 0.1) is 13.2 Å². The number of nitrogens with zero attached hydrogens (tertiary/aromatic N) is 4. The van der Waals surface area contributed by atoms with Crippen molar-refractivity contribution in [1.29, 1.82) is 0 Å². The number of hydrogen-bond donors (Lipinski definition) is 2. The van der Waals surface area contributed by atoms with Crippen LogP contribution in [0.1, 0.15) is 21.5 Å². The highest BCUT2D eigenvalue weighted by molar-refractivity contribution is 6.00. The molecule has 0 spiro atoms. The highest BCUT2D eigenvalue weighted by atomic mass is 16.5. The van der Waals surface area contributed by atoms with Gasteiger partial charge in [0.25, 0.3) is 17.1 Å². The Kier molecular flexibility index (Phi) is 5.59. The summed E-state index contributed by atoms with van der Waals surface area (Å²) < 4.78 is 8.34. The summed E-state index contributed by atoms with van der Waals surface area (Å²) in [5.41, 5.74) is 8.98. The van der Waals surface area contributed by atoms with Gasteiger partial charge in [0.15, 0.2) is 0 Å². The maximum atomic E-state index is 13.2. The van der Waals surface area contributed by atoms with Gasteiger partial charge in [0.1, 0.15) is 10.9 Å². The van der Waals surface area contributed by atoms with E-state index in [-0.39, 0.29) is 29.4 Å². The Balaban J connectivity index is 1.86. The minimum absolute atomic E-state index is 0.207. The molecular weight excluding hydrogens is 396 g/mol. The molecule has 0 saturated heterocycles. The molecule has 4 heterocycles. The number of hydrogen-bond acceptors (Lipinski definition) is 6. The Morgan fingerprint density at radius 3 is 2.90 bits per heavy atom. The number of aromatic nitrogens is 4. The largest absolute Gasteiger partial charge is 0.381 e. The molecular formula is C22H23N6O3+. The van der Waals surface area contributed by atoms with Crippen LogP contribution in [0.3, 0.4) is 0 Å². The van der Waals surface area contributed by atoms with Crippen molar-refractivity contribution in [2.75, 3.05) is 19.5 Å². The van der Waals surface area contributed by atoms with Crippen molar-refractivity contribution in [2.45, 2.75) is 20.0 Å². The molecule has 1 amide bonds. The maximum absolute atomic E-state index is 13.2. The molecule has 0 aliphatic carbocycles. The van der Waals surface area contributed by atoms with Crippen molar-refractivity contribution in [3.63, 3.8) is 0 Å². The molecule has 0 bridgehead atoms. The molecule has 158 valence electrons. The van der Waals surface area contributed by atoms with Crippen molar-refractivity contribution in [3.05, 3.63) is 76.0 Å². The number of rotatable bonds is 6. The molecule has 9 nitrogen and oxygen atoms in total. The summed E-state index contributed by atoms with van der Waals surface area (Å²) >= 11 is 0. The van der Waals surface area contributed by atoms with E-state index >= 15 is 0 Å². The summed E-state index contributed by atoms with van der Waals surface area (Å²) in [5, 5.41) is 3.14. The van der Waals surface area contributed by atoms with Crippen molar-refractivity contribution in [3.8, 4) is 0 Å². The zero-order chi connectivity index (χ0) is 22.0. The normalized spacial score (nSPS) is 11.2. The van der Waals surface area contributed by atoms with E-state index in [9.17, 15) is 9.59 Å². The molecule has 0 saturated carbocycles. The number of ether oxygens (including phenoxy) is 1. The third kappa shape index (κ3) is 3.82. The summed E-state index contributed by atoms with van der Waals surface area (Å²) in [6.07, 6.45) is 5.00. The van der Waals surface area contributed by atoms with Crippen LogP contribution in [0, 0.1) is 6.92 Å². The Morgan fingerprint density at radius 2 is 2.16 bits per heavy atom. The van der Waals surface area contributed by atoms with Gasteiger partial charge < -0.3 is 15.8 Å². The molecule has 0 aliphatic rings. The summed E-state index contributed by atoms with van der Waals surface area (Å²) in [7, 11) is 1.57. The van der Waals surface area contributed by atoms with E-state index in [1.807, 2.05) is 19.1 Å². The second-order valence-electron chi connectivity index (χ2n) is 7.17. The van der Waals surface area contributed by atoms with Crippen LogP contribution in [0.5, 0.6) is 0 Å². The number of carbonyl (C=O) groups is 1. The van der Waals surface area contributed by atoms with Gasteiger partial charge in [-0.05, 0) is 30.7 Å². The minimum atomic E-state index is -0.386. The van der Waals surface area contributed by atoms with Gasteiger partial charge >= 0.3 is 0 Å². The van der Waals surface area contributed by atoms with E-state index in [1.165, 1.54) is 10.5 Å². The fourth-order valence-corrected chi connectivity index (χ4v) is 3.48. The smallest absolute Gasteiger partial charge is 0.278 e. The lowest BCUT2D eigenvalue weighted by atomic mass is 10.1. The molecule has 4 aromatic heterocycles. The Labute approximate surface area is 178 Å². The van der Waals surface area contributed by atoms with Crippen LogP contribution in [-0.4, -0.2) is 34.0 Å². The Morgan fingerprint density at radius 1 is 1.32 bits per heavy atom. The number of amides is 1. The highest BCUT2D eigenvalue weighted by Gasteiger charge is 2.24. The molecule has 0 atom stereocenters. The molecule has 4 aromatic rings. The van der Waals surface area contributed by atoms with Gasteiger partial charge in [-0.1, -0.05) is 17.1 Å². The first-order valence-corrected chi connectivity index (χ1v) is 9.81. The van der Waals surface area contributed by atoms with Crippen LogP contribution in [-0.2, 0) is 17.8 Å². The molecule has 0 unspecified atom stereocenters. The minimum Gasteiger partial charge on any atom is -0.381 e. The lowest BCUT2D eigenvalue weighted by Crippen LogP contribution is -2.44. The Bertz CT molecular complexity index is 1330. The summed E-state index contributed by atoms with van der Waals surface area (Å²) in [6.45, 7) is 2.86. The lowest BCUT2D eigenvalue weighted by Gasteiger charge is -2.12. The molecule has 0 aliphatic heterocycles. The van der Waals surface area contributed by atoms with E-state index in [2.05, 4.69) is 10.3 Å². The van der Waals surface area contributed by atoms with Gasteiger partial charge in [-0.25, -0.2) is 4.57 Å². The van der Waals surface area contributed by atoms with Crippen molar-refractivity contribution in [1.82, 2.24) is 19.7 Å². The molecule has 0 aromatic carbocycles. The lowest BCUT2D eigenvalue weighted by molar-refractivity contribution is -0.660. The number of fused-ring (bicyclic) bond motifs is 2. The van der Waals surface area contributed by atoms with E-state index in [1.54, 1.807) is 42.4 Å². The number of anilines is 1. The molecule has 9 heteroatoms. The van der Waals surface area contributed by atoms with E-state index in [4.69, 9.17) is 15.5 Å². The zero-order valence-electron chi connectivity index (χ0n) is 17.3. The van der Waals surface area contributed by atoms with Crippen LogP contribution in [0.2, 0.25) is 0 Å². The quantitative estimate of drug-likeness (QED) is 0.356. The number of nitrogens with two attached hydrogens (primary N) is 1. The van der Waals surface area contributed by atoms with E-state index < -0.39 is 0 Å². The van der Waals surface area contributed by atoms with Crippen molar-refractivity contribution >= 4 is 28.4 Å². The second kappa shape index (κ2) is 8.49. The van der Waals surface area contributed by atoms with Gasteiger partial charge in [-0.15, -0.1) is 0 Å². The number of nitrogen functional groups attached to an aromatic ring is 1. The predicted molar refractivity (Wildman–Crippen MR) is 116 cm³/mol. The van der Waals surface area contributed by atoms with Crippen LogP contribution >= 0.6 is 0 Å². The fraction of sp³-hybridized carbons (Fsp3) is 0.227. The third-order valence-corrected chi connectivity index (χ3v) is 5.11. The third-order valence-electron chi connectivity index (χ3n) is 5.11. The number of methoxy groups -OCH3 is 1. The molecule has 31 heavy (non-hydrogen) atoms. The standard InChI is InChI=1S/C22H22N6O3/c1-14-5-4-8-28-19(14)26-20-17(22(28)30)11-16(18(23)27(20)9-10-31-2)21(29)25-13-15-6-3-7-24-12-15/h3-8,11-12,23H,9-10,13H2,1-2H3,(H,25,29)/p+1. The highest BCUT2D eigenvalue weighted by Crippen LogP contribution is 2.16. The SMILES string of the molecule is COCC[n+]1c(N)c(C(=O)NCc2cccnc2)cc2c(=O)n3cccc(C)c3nc21. The molecule has 4 rings (SSSR count). The van der Waals surface area contributed by atoms with Gasteiger partial charge in [0, 0.05) is 37.8 Å². The van der Waals surface area contributed by atoms with Crippen LogP contribution in [0.25, 0.3) is 16.7 Å². The summed E-state index contributed by atoms with van der Waals surface area (Å²) in [6, 6.07) is 8.84. The van der Waals surface area contributed by atoms with Gasteiger partial charge in [-0.2, -0.15) is 0 Å². The van der Waals surface area contributed by atoms with Crippen molar-refractivity contribution < 1.29 is 14.1 Å². The first-order chi connectivity index (χ1) is 15.0. The number of nitrogens with one attached hydrogen (secondary N) is 1. The summed E-state index contributed by atoms with van der Waals surface area (Å²) in [5.74, 6) is -0.166. The second-order valence-corrected chi connectivity index (χ2v) is 7.17. The van der Waals surface area contributed by atoms with Gasteiger partial charge in [0.2, 0.25) is 11.5 Å². The molecule has 0 fully saturated rings. The summed E-state index contributed by atoms with van der Waals surface area (Å²) in [4.78, 5) is 34.9. The fourth-order valence-electron chi connectivity index (χ4n) is 3.48. The van der Waals surface area contributed by atoms with Crippen LogP contribution < -0.4 is 21.2 Å². The zero-order valence-corrected chi connectivity index (χ0v) is 17.3. The number of pyridine rings is 3. The first kappa shape index (κ1) is 20.4. The number of carbonyl (C=O) groups excluding carboxylic acids is 1. The van der Waals surface area contributed by atoms with Crippen LogP contribution in [0.4, 0.5) is 5.82 Å². The average Bonchev–Trinajstić information content (AvgIpc) is 2.78. The number of aryl methyl sites for hydroxylation is 1. The van der Waals surface area contributed by atoms with Gasteiger partial charge in [-0.3, -0.25) is 19.0 Å². The first-order valence-electron chi connectivity index (χ1n) is 9.81. The average molecular weight is 419 g/mol. The van der Waals surface area contributed by atoms with Crippen LogP contribution in [0.15, 0.2) is 53.7 Å².